The molecule has 3 nitrogen and oxygen atoms in total. The van der Waals surface area contributed by atoms with Crippen molar-refractivity contribution in [2.24, 2.45) is 0 Å². The van der Waals surface area contributed by atoms with Crippen LogP contribution in [0.3, 0.4) is 0 Å². The molecule has 0 radical (unpaired) electrons. The number of nitrogens with zero attached hydrogens (tertiary/aromatic N) is 2. The summed E-state index contributed by atoms with van der Waals surface area (Å²) in [6.07, 6.45) is 3.35. The highest BCUT2D eigenvalue weighted by atomic mass is 79.9. The Labute approximate surface area is 134 Å². The Kier molecular flexibility index (Phi) is 4.45. The van der Waals surface area contributed by atoms with E-state index in [0.717, 1.165) is 31.0 Å². The Balaban J connectivity index is 1.86. The third-order valence-electron chi connectivity index (χ3n) is 4.33. The molecule has 2 aromatic rings. The largest absolute Gasteiger partial charge is 0.361 e. The molecule has 0 bridgehead atoms. The van der Waals surface area contributed by atoms with Gasteiger partial charge in [-0.05, 0) is 37.9 Å². The smallest absolute Gasteiger partial charge is 0.141 e. The molecule has 0 N–H and O–H groups in total. The summed E-state index contributed by atoms with van der Waals surface area (Å²) in [5, 5.41) is 4.18. The van der Waals surface area contributed by atoms with Crippen molar-refractivity contribution in [2.75, 3.05) is 6.54 Å². The number of hydrogen-bond donors (Lipinski definition) is 0. The number of likely N-dealkylation sites (tertiary alicyclic amines) is 1. The first-order chi connectivity index (χ1) is 10.2. The number of aromatic nitrogens is 1. The van der Waals surface area contributed by atoms with Crippen molar-refractivity contribution in [1.82, 2.24) is 10.1 Å². The number of halogens is 1. The summed E-state index contributed by atoms with van der Waals surface area (Å²) in [5.41, 5.74) is 3.72. The molecule has 1 fully saturated rings. The number of rotatable bonds is 4. The summed E-state index contributed by atoms with van der Waals surface area (Å²) in [6, 6.07) is 8.92. The molecule has 2 heterocycles. The topological polar surface area (TPSA) is 29.3 Å². The van der Waals surface area contributed by atoms with Crippen molar-refractivity contribution in [2.45, 2.75) is 45.7 Å². The monoisotopic (exact) mass is 348 g/mol. The van der Waals surface area contributed by atoms with E-state index < -0.39 is 0 Å². The van der Waals surface area contributed by atoms with Crippen LogP contribution < -0.4 is 0 Å². The van der Waals surface area contributed by atoms with Gasteiger partial charge in [0.2, 0.25) is 0 Å². The van der Waals surface area contributed by atoms with E-state index in [1.807, 2.05) is 0 Å². The van der Waals surface area contributed by atoms with Crippen LogP contribution in [0.15, 0.2) is 33.3 Å². The second-order valence-corrected chi connectivity index (χ2v) is 6.53. The third-order valence-corrected chi connectivity index (χ3v) is 5.11. The molecular weight excluding hydrogens is 328 g/mol. The molecule has 1 atom stereocenters. The zero-order chi connectivity index (χ0) is 14.8. The fourth-order valence-electron chi connectivity index (χ4n) is 3.29. The van der Waals surface area contributed by atoms with Crippen molar-refractivity contribution in [3.05, 3.63) is 51.3 Å². The molecule has 1 aromatic carbocycles. The molecule has 0 saturated carbocycles. The normalized spacial score (nSPS) is 19.3. The van der Waals surface area contributed by atoms with Gasteiger partial charge in [-0.3, -0.25) is 4.90 Å². The fourth-order valence-corrected chi connectivity index (χ4v) is 3.70. The predicted molar refractivity (Wildman–Crippen MR) is 87.1 cm³/mol. The minimum atomic E-state index is 0.443. The van der Waals surface area contributed by atoms with E-state index in [-0.39, 0.29) is 0 Å². The molecule has 4 heteroatoms. The predicted octanol–water partition coefficient (Wildman–Crippen LogP) is 4.65. The Morgan fingerprint density at radius 3 is 2.95 bits per heavy atom. The molecule has 21 heavy (non-hydrogen) atoms. The van der Waals surface area contributed by atoms with Gasteiger partial charge in [0.15, 0.2) is 0 Å². The lowest BCUT2D eigenvalue weighted by atomic mass is 10.0. The summed E-state index contributed by atoms with van der Waals surface area (Å²) in [4.78, 5) is 2.55. The van der Waals surface area contributed by atoms with Gasteiger partial charge in [0.05, 0.1) is 5.69 Å². The van der Waals surface area contributed by atoms with E-state index in [9.17, 15) is 0 Å². The van der Waals surface area contributed by atoms with Gasteiger partial charge in [0.1, 0.15) is 5.76 Å². The minimum absolute atomic E-state index is 0.443. The number of benzene rings is 1. The lowest BCUT2D eigenvalue weighted by molar-refractivity contribution is 0.244. The van der Waals surface area contributed by atoms with Crippen LogP contribution >= 0.6 is 15.9 Å². The van der Waals surface area contributed by atoms with Crippen LogP contribution in [0, 0.1) is 6.92 Å². The number of aryl methyl sites for hydroxylation is 2. The second-order valence-electron chi connectivity index (χ2n) is 5.68. The Morgan fingerprint density at radius 2 is 2.19 bits per heavy atom. The molecular formula is C17H21BrN2O. The Bertz CT molecular complexity index is 623. The van der Waals surface area contributed by atoms with Gasteiger partial charge in [-0.1, -0.05) is 46.2 Å². The van der Waals surface area contributed by atoms with E-state index in [0.29, 0.717) is 6.04 Å². The second kappa shape index (κ2) is 6.32. The maximum absolute atomic E-state index is 5.49. The maximum atomic E-state index is 5.49. The summed E-state index contributed by atoms with van der Waals surface area (Å²) < 4.78 is 6.68. The van der Waals surface area contributed by atoms with E-state index >= 15 is 0 Å². The maximum Gasteiger partial charge on any atom is 0.141 e. The summed E-state index contributed by atoms with van der Waals surface area (Å²) in [6.45, 7) is 6.31. The van der Waals surface area contributed by atoms with Gasteiger partial charge in [0.25, 0.3) is 0 Å². The quantitative estimate of drug-likeness (QED) is 0.805. The first-order valence-electron chi connectivity index (χ1n) is 7.63. The lowest BCUT2D eigenvalue weighted by Gasteiger charge is -2.25. The first-order valence-corrected chi connectivity index (χ1v) is 8.42. The zero-order valence-electron chi connectivity index (χ0n) is 12.6. The van der Waals surface area contributed by atoms with Gasteiger partial charge < -0.3 is 4.52 Å². The molecule has 0 amide bonds. The van der Waals surface area contributed by atoms with Crippen LogP contribution in [0.5, 0.6) is 0 Å². The Hall–Kier alpha value is -1.13. The van der Waals surface area contributed by atoms with Crippen molar-refractivity contribution in [3.8, 4) is 0 Å². The molecule has 1 saturated heterocycles. The summed E-state index contributed by atoms with van der Waals surface area (Å²) in [7, 11) is 0. The lowest BCUT2D eigenvalue weighted by Crippen LogP contribution is -2.23. The van der Waals surface area contributed by atoms with Gasteiger partial charge >= 0.3 is 0 Å². The zero-order valence-corrected chi connectivity index (χ0v) is 14.2. The van der Waals surface area contributed by atoms with E-state index in [1.165, 1.54) is 28.4 Å². The molecule has 1 aromatic heterocycles. The first kappa shape index (κ1) is 14.8. The van der Waals surface area contributed by atoms with Crippen molar-refractivity contribution < 1.29 is 4.52 Å². The third kappa shape index (κ3) is 2.92. The molecule has 112 valence electrons. The van der Waals surface area contributed by atoms with Gasteiger partial charge in [-0.25, -0.2) is 0 Å². The van der Waals surface area contributed by atoms with Crippen LogP contribution in [-0.4, -0.2) is 16.6 Å². The van der Waals surface area contributed by atoms with Gasteiger partial charge in [0, 0.05) is 29.0 Å². The van der Waals surface area contributed by atoms with Gasteiger partial charge in [-0.2, -0.15) is 0 Å². The molecule has 0 aliphatic carbocycles. The highest BCUT2D eigenvalue weighted by molar-refractivity contribution is 9.10. The van der Waals surface area contributed by atoms with Crippen LogP contribution in [0.25, 0.3) is 0 Å². The van der Waals surface area contributed by atoms with Gasteiger partial charge in [-0.15, -0.1) is 0 Å². The average molecular weight is 349 g/mol. The van der Waals surface area contributed by atoms with Crippen LogP contribution in [0.1, 0.15) is 48.4 Å². The highest BCUT2D eigenvalue weighted by Gasteiger charge is 2.31. The average Bonchev–Trinajstić information content (AvgIpc) is 3.07. The van der Waals surface area contributed by atoms with E-state index in [4.69, 9.17) is 4.52 Å². The number of hydrogen-bond acceptors (Lipinski definition) is 3. The van der Waals surface area contributed by atoms with Crippen LogP contribution in [0.2, 0.25) is 0 Å². The molecule has 0 spiro atoms. The highest BCUT2D eigenvalue weighted by Crippen LogP contribution is 2.37. The Morgan fingerprint density at radius 1 is 1.38 bits per heavy atom. The molecule has 1 aliphatic rings. The fraction of sp³-hybridized carbons (Fsp3) is 0.471. The van der Waals surface area contributed by atoms with Crippen LogP contribution in [0.4, 0.5) is 0 Å². The van der Waals surface area contributed by atoms with Crippen molar-refractivity contribution in [1.29, 1.82) is 0 Å². The SMILES string of the molecule is CCc1onc(C)c1[C@H]1CCCN1Cc1ccccc1Br. The minimum Gasteiger partial charge on any atom is -0.361 e. The molecule has 0 unspecified atom stereocenters. The van der Waals surface area contributed by atoms with E-state index in [2.05, 4.69) is 64.1 Å². The van der Waals surface area contributed by atoms with Crippen LogP contribution in [-0.2, 0) is 13.0 Å². The van der Waals surface area contributed by atoms with Crippen molar-refractivity contribution in [3.63, 3.8) is 0 Å². The van der Waals surface area contributed by atoms with E-state index in [1.54, 1.807) is 0 Å². The summed E-state index contributed by atoms with van der Waals surface area (Å²) in [5.74, 6) is 1.05. The molecule has 1 aliphatic heterocycles. The van der Waals surface area contributed by atoms with Crippen molar-refractivity contribution >= 4 is 15.9 Å². The summed E-state index contributed by atoms with van der Waals surface area (Å²) >= 11 is 3.66. The molecule has 3 rings (SSSR count). The standard InChI is InChI=1S/C17H21BrN2O/c1-3-16-17(12(2)19-21-16)15-9-6-10-20(15)11-13-7-4-5-8-14(13)18/h4-5,7-8,15H,3,6,9-11H2,1-2H3/t15-/m1/s1.